The number of hydrogen-bond donors (Lipinski definition) is 1. The van der Waals surface area contributed by atoms with Crippen LogP contribution in [0.15, 0.2) is 48.6 Å². The van der Waals surface area contributed by atoms with Crippen LogP contribution < -0.4 is 10.1 Å². The van der Waals surface area contributed by atoms with Gasteiger partial charge in [-0.05, 0) is 25.1 Å². The van der Waals surface area contributed by atoms with Gasteiger partial charge in [0.05, 0.1) is 7.11 Å². The Balaban J connectivity index is 1.91. The van der Waals surface area contributed by atoms with E-state index in [2.05, 4.69) is 10.3 Å². The summed E-state index contributed by atoms with van der Waals surface area (Å²) in [5.74, 6) is 0.273. The van der Waals surface area contributed by atoms with Gasteiger partial charge >= 0.3 is 0 Å². The van der Waals surface area contributed by atoms with Gasteiger partial charge in [0.25, 0.3) is 0 Å². The Morgan fingerprint density at radius 1 is 1.39 bits per heavy atom. The largest absolute Gasteiger partial charge is 0.494 e. The maximum absolute atomic E-state index is 14.3. The van der Waals surface area contributed by atoms with Crippen LogP contribution in [0.2, 0.25) is 0 Å². The van der Waals surface area contributed by atoms with Gasteiger partial charge in [0.1, 0.15) is 11.3 Å². The van der Waals surface area contributed by atoms with Gasteiger partial charge in [-0.3, -0.25) is 0 Å². The van der Waals surface area contributed by atoms with Crippen LogP contribution in [0.25, 0.3) is 10.9 Å². The van der Waals surface area contributed by atoms with Crippen LogP contribution in [0.5, 0.6) is 5.75 Å². The van der Waals surface area contributed by atoms with Crippen LogP contribution >= 0.6 is 11.6 Å². The number of pyridine rings is 1. The third-order valence-corrected chi connectivity index (χ3v) is 4.34. The summed E-state index contributed by atoms with van der Waals surface area (Å²) in [6, 6.07) is 7.69. The number of nitrogens with one attached hydrogen (secondary N) is 1. The third-order valence-electron chi connectivity index (χ3n) is 3.93. The molecule has 2 aromatic rings. The maximum Gasteiger partial charge on any atom is 0.210 e. The minimum Gasteiger partial charge on any atom is -0.494 e. The molecular formula is C18H18ClFN2O. The highest BCUT2D eigenvalue weighted by Crippen LogP contribution is 2.34. The van der Waals surface area contributed by atoms with Crippen LogP contribution in [0.1, 0.15) is 5.69 Å². The lowest BCUT2D eigenvalue weighted by atomic mass is 9.98. The number of methoxy groups -OCH3 is 1. The first-order chi connectivity index (χ1) is 11.0. The fourth-order valence-corrected chi connectivity index (χ4v) is 2.94. The molecule has 0 spiro atoms. The Morgan fingerprint density at radius 3 is 2.96 bits per heavy atom. The van der Waals surface area contributed by atoms with Crippen LogP contribution in [0.4, 0.5) is 10.1 Å². The average molecular weight is 333 g/mol. The van der Waals surface area contributed by atoms with E-state index in [0.717, 1.165) is 22.3 Å². The SMILES string of the molecule is COc1cccc2c(NCC3C=CC=CC3(F)Cl)cc(C)nc12. The van der Waals surface area contributed by atoms with Crippen molar-refractivity contribution in [1.29, 1.82) is 0 Å². The van der Waals surface area contributed by atoms with E-state index in [-0.39, 0.29) is 0 Å². The van der Waals surface area contributed by atoms with Gasteiger partial charge < -0.3 is 10.1 Å². The molecular weight excluding hydrogens is 315 g/mol. The van der Waals surface area contributed by atoms with Crippen molar-refractivity contribution in [3.8, 4) is 5.75 Å². The summed E-state index contributed by atoms with van der Waals surface area (Å²) in [6.07, 6.45) is 6.59. The molecule has 0 amide bonds. The molecule has 0 saturated carbocycles. The predicted octanol–water partition coefficient (Wildman–Crippen LogP) is 4.61. The highest BCUT2D eigenvalue weighted by atomic mass is 35.5. The predicted molar refractivity (Wildman–Crippen MR) is 93.0 cm³/mol. The molecule has 2 atom stereocenters. The number of para-hydroxylation sites is 1. The Morgan fingerprint density at radius 2 is 2.22 bits per heavy atom. The Hall–Kier alpha value is -2.07. The summed E-state index contributed by atoms with van der Waals surface area (Å²) in [5.41, 5.74) is 2.54. The fraction of sp³-hybridized carbons (Fsp3) is 0.278. The number of fused-ring (bicyclic) bond motifs is 1. The molecule has 5 heteroatoms. The minimum atomic E-state index is -1.86. The van der Waals surface area contributed by atoms with Gasteiger partial charge in [0.2, 0.25) is 5.13 Å². The topological polar surface area (TPSA) is 34.1 Å². The number of aryl methyl sites for hydroxylation is 1. The van der Waals surface area contributed by atoms with Crippen molar-refractivity contribution in [3.05, 3.63) is 54.3 Å². The molecule has 0 saturated heterocycles. The summed E-state index contributed by atoms with van der Waals surface area (Å²) in [6.45, 7) is 2.30. The number of ether oxygens (including phenoxy) is 1. The zero-order chi connectivity index (χ0) is 16.4. The molecule has 1 aliphatic rings. The summed E-state index contributed by atoms with van der Waals surface area (Å²) < 4.78 is 19.7. The number of halogens is 2. The van der Waals surface area contributed by atoms with Gasteiger partial charge in [-0.2, -0.15) is 0 Å². The summed E-state index contributed by atoms with van der Waals surface area (Å²) in [4.78, 5) is 4.54. The van der Waals surface area contributed by atoms with Crippen molar-refractivity contribution in [3.63, 3.8) is 0 Å². The van der Waals surface area contributed by atoms with Gasteiger partial charge in [-0.25, -0.2) is 9.37 Å². The molecule has 0 bridgehead atoms. The number of nitrogens with zero attached hydrogens (tertiary/aromatic N) is 1. The van der Waals surface area contributed by atoms with Crippen LogP contribution in [0, 0.1) is 12.8 Å². The second kappa shape index (κ2) is 6.20. The molecule has 0 aliphatic heterocycles. The molecule has 2 unspecified atom stereocenters. The number of allylic oxidation sites excluding steroid dienone is 3. The first-order valence-corrected chi connectivity index (χ1v) is 7.81. The standard InChI is InChI=1S/C18H18ClFN2O/c1-12-10-15(14-7-5-8-16(23-2)17(14)22-12)21-11-13-6-3-4-9-18(13,19)20/h3-10,13H,11H2,1-2H3,(H,21,22). The van der Waals surface area contributed by atoms with Crippen molar-refractivity contribution in [2.24, 2.45) is 5.92 Å². The molecule has 0 fully saturated rings. The van der Waals surface area contributed by atoms with Crippen molar-refractivity contribution >= 4 is 28.2 Å². The van der Waals surface area contributed by atoms with E-state index in [1.54, 1.807) is 19.3 Å². The molecule has 120 valence electrons. The quantitative estimate of drug-likeness (QED) is 0.830. The van der Waals surface area contributed by atoms with E-state index >= 15 is 0 Å². The molecule has 3 nitrogen and oxygen atoms in total. The van der Waals surface area contributed by atoms with Crippen molar-refractivity contribution in [1.82, 2.24) is 4.98 Å². The van der Waals surface area contributed by atoms with E-state index < -0.39 is 11.0 Å². The van der Waals surface area contributed by atoms with Gasteiger partial charge in [0, 0.05) is 29.2 Å². The van der Waals surface area contributed by atoms with Crippen LogP contribution in [0.3, 0.4) is 0 Å². The summed E-state index contributed by atoms with van der Waals surface area (Å²) in [7, 11) is 1.62. The first-order valence-electron chi connectivity index (χ1n) is 7.43. The zero-order valence-electron chi connectivity index (χ0n) is 13.0. The highest BCUT2D eigenvalue weighted by Gasteiger charge is 2.33. The third kappa shape index (κ3) is 3.17. The molecule has 1 aromatic heterocycles. The molecule has 1 aromatic carbocycles. The number of aromatic nitrogens is 1. The average Bonchev–Trinajstić information content (AvgIpc) is 2.52. The number of rotatable bonds is 4. The zero-order valence-corrected chi connectivity index (χ0v) is 13.8. The highest BCUT2D eigenvalue weighted by molar-refractivity contribution is 6.24. The summed E-state index contributed by atoms with van der Waals surface area (Å²) in [5, 5.41) is 2.37. The van der Waals surface area contributed by atoms with E-state index in [1.807, 2.05) is 37.3 Å². The lowest BCUT2D eigenvalue weighted by molar-refractivity contribution is 0.276. The second-order valence-electron chi connectivity index (χ2n) is 5.57. The number of anilines is 1. The van der Waals surface area contributed by atoms with Crippen molar-refractivity contribution < 1.29 is 9.13 Å². The van der Waals surface area contributed by atoms with Crippen LogP contribution in [-0.4, -0.2) is 23.8 Å². The number of alkyl halides is 2. The maximum atomic E-state index is 14.3. The smallest absolute Gasteiger partial charge is 0.210 e. The van der Waals surface area contributed by atoms with E-state index in [0.29, 0.717) is 12.3 Å². The van der Waals surface area contributed by atoms with Crippen LogP contribution in [-0.2, 0) is 0 Å². The molecule has 1 heterocycles. The van der Waals surface area contributed by atoms with Gasteiger partial charge in [-0.15, -0.1) is 0 Å². The Labute approximate surface area is 139 Å². The van der Waals surface area contributed by atoms with Gasteiger partial charge in [0.15, 0.2) is 0 Å². The fourth-order valence-electron chi connectivity index (χ4n) is 2.72. The number of hydrogen-bond acceptors (Lipinski definition) is 3. The first kappa shape index (κ1) is 15.8. The normalized spacial score (nSPS) is 23.2. The van der Waals surface area contributed by atoms with Crippen molar-refractivity contribution in [2.75, 3.05) is 19.0 Å². The lowest BCUT2D eigenvalue weighted by Crippen LogP contribution is -2.30. The number of benzene rings is 1. The molecule has 1 N–H and O–H groups in total. The monoisotopic (exact) mass is 332 g/mol. The molecule has 0 radical (unpaired) electrons. The van der Waals surface area contributed by atoms with Crippen molar-refractivity contribution in [2.45, 2.75) is 12.1 Å². The summed E-state index contributed by atoms with van der Waals surface area (Å²) >= 11 is 5.92. The lowest BCUT2D eigenvalue weighted by Gasteiger charge is -2.26. The van der Waals surface area contributed by atoms with E-state index in [1.165, 1.54) is 6.08 Å². The minimum absolute atomic E-state index is 0.386. The Bertz CT molecular complexity index is 786. The van der Waals surface area contributed by atoms with E-state index in [4.69, 9.17) is 16.3 Å². The molecule has 3 rings (SSSR count). The van der Waals surface area contributed by atoms with E-state index in [9.17, 15) is 4.39 Å². The second-order valence-corrected chi connectivity index (χ2v) is 6.15. The Kier molecular flexibility index (Phi) is 4.26. The molecule has 23 heavy (non-hydrogen) atoms. The van der Waals surface area contributed by atoms with Gasteiger partial charge in [-0.1, -0.05) is 42.0 Å². The molecule has 1 aliphatic carbocycles.